The van der Waals surface area contributed by atoms with E-state index < -0.39 is 5.91 Å². The van der Waals surface area contributed by atoms with Gasteiger partial charge in [0.25, 0.3) is 0 Å². The first kappa shape index (κ1) is 20.3. The van der Waals surface area contributed by atoms with E-state index >= 15 is 0 Å². The summed E-state index contributed by atoms with van der Waals surface area (Å²) >= 11 is 6.27. The molecule has 1 fully saturated rings. The Morgan fingerprint density at radius 2 is 1.90 bits per heavy atom. The molecule has 0 radical (unpaired) electrons. The second kappa shape index (κ2) is 9.24. The molecule has 0 aliphatic carbocycles. The van der Waals surface area contributed by atoms with Crippen LogP contribution in [-0.2, 0) is 12.8 Å². The Kier molecular flexibility index (Phi) is 6.26. The lowest BCUT2D eigenvalue weighted by molar-refractivity contribution is 0.1000. The van der Waals surface area contributed by atoms with Crippen LogP contribution in [0.15, 0.2) is 54.7 Å². The summed E-state index contributed by atoms with van der Waals surface area (Å²) in [5, 5.41) is 4.10. The number of primary amides is 1. The number of pyridine rings is 2. The number of benzene rings is 1. The molecule has 1 aliphatic rings. The number of piperazine rings is 1. The van der Waals surface area contributed by atoms with Crippen LogP contribution in [0, 0.1) is 0 Å². The maximum absolute atomic E-state index is 11.9. The van der Waals surface area contributed by atoms with Crippen LogP contribution < -0.4 is 16.0 Å². The van der Waals surface area contributed by atoms with E-state index in [2.05, 4.69) is 15.2 Å². The Hall–Kier alpha value is -2.96. The van der Waals surface area contributed by atoms with E-state index in [1.807, 2.05) is 36.4 Å². The van der Waals surface area contributed by atoms with Crippen LogP contribution in [0.5, 0.6) is 0 Å². The number of hydrogen-bond acceptors (Lipinski definition) is 5. The van der Waals surface area contributed by atoms with Gasteiger partial charge in [0.15, 0.2) is 0 Å². The molecule has 1 aromatic carbocycles. The van der Waals surface area contributed by atoms with Crippen LogP contribution in [0.3, 0.4) is 0 Å². The van der Waals surface area contributed by atoms with Gasteiger partial charge in [0.1, 0.15) is 5.82 Å². The van der Waals surface area contributed by atoms with E-state index in [0.717, 1.165) is 72.4 Å². The van der Waals surface area contributed by atoms with Crippen molar-refractivity contribution in [2.75, 3.05) is 31.1 Å². The van der Waals surface area contributed by atoms with Gasteiger partial charge >= 0.3 is 0 Å². The summed E-state index contributed by atoms with van der Waals surface area (Å²) in [6.07, 6.45) is 3.34. The number of aromatic nitrogens is 2. The molecular weight excluding hydrogens is 398 g/mol. The molecule has 6 nitrogen and oxygen atoms in total. The first-order valence-electron chi connectivity index (χ1n) is 10.1. The van der Waals surface area contributed by atoms with Gasteiger partial charge in [-0.2, -0.15) is 0 Å². The number of aryl methyl sites for hydroxylation is 2. The minimum atomic E-state index is -0.456. The molecule has 3 N–H and O–H groups in total. The summed E-state index contributed by atoms with van der Waals surface area (Å²) in [6.45, 7) is 3.46. The van der Waals surface area contributed by atoms with Crippen molar-refractivity contribution >= 4 is 23.3 Å². The smallest absolute Gasteiger partial charge is 0.248 e. The molecule has 1 amide bonds. The summed E-state index contributed by atoms with van der Waals surface area (Å²) < 4.78 is 0. The van der Waals surface area contributed by atoms with Crippen molar-refractivity contribution in [2.24, 2.45) is 5.73 Å². The Balaban J connectivity index is 1.61. The SMILES string of the molecule is NC(=O)c1cc(-c2ccnc(CCc3ccccc3Cl)c2)nc(N2CCNCC2)c1. The van der Waals surface area contributed by atoms with E-state index in [-0.39, 0.29) is 0 Å². The average Bonchev–Trinajstić information content (AvgIpc) is 2.79. The first-order valence-corrected chi connectivity index (χ1v) is 10.4. The summed E-state index contributed by atoms with van der Waals surface area (Å²) in [5.41, 5.74) is 9.74. The van der Waals surface area contributed by atoms with Gasteiger partial charge in [0, 0.05) is 54.2 Å². The third-order valence-corrected chi connectivity index (χ3v) is 5.63. The van der Waals surface area contributed by atoms with Crippen molar-refractivity contribution in [3.8, 4) is 11.3 Å². The Morgan fingerprint density at radius 3 is 2.67 bits per heavy atom. The average molecular weight is 422 g/mol. The predicted octanol–water partition coefficient (Wildman–Crippen LogP) is 3.09. The van der Waals surface area contributed by atoms with E-state index in [9.17, 15) is 4.79 Å². The first-order chi connectivity index (χ1) is 14.6. The molecule has 3 heterocycles. The Morgan fingerprint density at radius 1 is 1.10 bits per heavy atom. The number of nitrogens with zero attached hydrogens (tertiary/aromatic N) is 3. The van der Waals surface area contributed by atoms with Gasteiger partial charge in [-0.25, -0.2) is 4.98 Å². The van der Waals surface area contributed by atoms with Crippen LogP contribution in [0.1, 0.15) is 21.6 Å². The molecule has 30 heavy (non-hydrogen) atoms. The molecular formula is C23H24ClN5O. The number of carbonyl (C=O) groups is 1. The van der Waals surface area contributed by atoms with Gasteiger partial charge in [-0.15, -0.1) is 0 Å². The number of anilines is 1. The lowest BCUT2D eigenvalue weighted by atomic mass is 10.0. The van der Waals surface area contributed by atoms with Crippen molar-refractivity contribution in [2.45, 2.75) is 12.8 Å². The molecule has 3 aromatic rings. The Labute approximate surface area is 181 Å². The monoisotopic (exact) mass is 421 g/mol. The summed E-state index contributed by atoms with van der Waals surface area (Å²) in [7, 11) is 0. The highest BCUT2D eigenvalue weighted by molar-refractivity contribution is 6.31. The summed E-state index contributed by atoms with van der Waals surface area (Å²) in [5.74, 6) is 0.320. The fourth-order valence-electron chi connectivity index (χ4n) is 3.60. The zero-order chi connectivity index (χ0) is 20.9. The molecule has 1 aliphatic heterocycles. The third kappa shape index (κ3) is 4.78. The summed E-state index contributed by atoms with van der Waals surface area (Å²) in [4.78, 5) is 23.4. The number of hydrogen-bond donors (Lipinski definition) is 2. The van der Waals surface area contributed by atoms with Gasteiger partial charge in [0.05, 0.1) is 5.69 Å². The zero-order valence-electron chi connectivity index (χ0n) is 16.6. The number of carbonyl (C=O) groups excluding carboxylic acids is 1. The fourth-order valence-corrected chi connectivity index (χ4v) is 3.83. The van der Waals surface area contributed by atoms with E-state index in [1.54, 1.807) is 18.3 Å². The molecule has 1 saturated heterocycles. The van der Waals surface area contributed by atoms with E-state index in [4.69, 9.17) is 22.3 Å². The molecule has 0 bridgehead atoms. The zero-order valence-corrected chi connectivity index (χ0v) is 17.4. The minimum Gasteiger partial charge on any atom is -0.366 e. The molecule has 0 unspecified atom stereocenters. The van der Waals surface area contributed by atoms with Crippen molar-refractivity contribution in [1.82, 2.24) is 15.3 Å². The second-order valence-electron chi connectivity index (χ2n) is 7.33. The number of halogens is 1. The minimum absolute atomic E-state index is 0.456. The molecule has 0 atom stereocenters. The molecule has 4 rings (SSSR count). The Bertz CT molecular complexity index is 1050. The van der Waals surface area contributed by atoms with Crippen LogP contribution in [0.2, 0.25) is 5.02 Å². The maximum atomic E-state index is 11.9. The molecule has 0 saturated carbocycles. The third-order valence-electron chi connectivity index (χ3n) is 5.26. The highest BCUT2D eigenvalue weighted by atomic mass is 35.5. The van der Waals surface area contributed by atoms with Crippen molar-refractivity contribution in [1.29, 1.82) is 0 Å². The standard InChI is InChI=1S/C23H24ClN5O/c24-20-4-2-1-3-16(20)5-6-19-13-17(7-8-27-19)21-14-18(23(25)30)15-22(28-21)29-11-9-26-10-12-29/h1-4,7-8,13-15,26H,5-6,9-12H2,(H2,25,30). The van der Waals surface area contributed by atoms with Gasteiger partial charge in [-0.3, -0.25) is 9.78 Å². The van der Waals surface area contributed by atoms with Crippen LogP contribution in [0.25, 0.3) is 11.3 Å². The van der Waals surface area contributed by atoms with E-state index in [0.29, 0.717) is 5.56 Å². The van der Waals surface area contributed by atoms with Crippen LogP contribution >= 0.6 is 11.6 Å². The highest BCUT2D eigenvalue weighted by Crippen LogP contribution is 2.24. The quantitative estimate of drug-likeness (QED) is 0.639. The van der Waals surface area contributed by atoms with Gasteiger partial charge in [-0.05, 0) is 48.7 Å². The van der Waals surface area contributed by atoms with Crippen molar-refractivity contribution in [3.63, 3.8) is 0 Å². The largest absolute Gasteiger partial charge is 0.366 e. The lowest BCUT2D eigenvalue weighted by Gasteiger charge is -2.29. The number of rotatable bonds is 6. The van der Waals surface area contributed by atoms with Gasteiger partial charge in [-0.1, -0.05) is 29.8 Å². The molecule has 2 aromatic heterocycles. The topological polar surface area (TPSA) is 84.1 Å². The van der Waals surface area contributed by atoms with Crippen LogP contribution in [0.4, 0.5) is 5.82 Å². The van der Waals surface area contributed by atoms with Gasteiger partial charge < -0.3 is 16.0 Å². The highest BCUT2D eigenvalue weighted by Gasteiger charge is 2.16. The lowest BCUT2D eigenvalue weighted by Crippen LogP contribution is -2.44. The van der Waals surface area contributed by atoms with Crippen LogP contribution in [-0.4, -0.2) is 42.1 Å². The van der Waals surface area contributed by atoms with E-state index in [1.165, 1.54) is 0 Å². The van der Waals surface area contributed by atoms with Gasteiger partial charge in [0.2, 0.25) is 5.91 Å². The maximum Gasteiger partial charge on any atom is 0.248 e. The second-order valence-corrected chi connectivity index (χ2v) is 7.74. The predicted molar refractivity (Wildman–Crippen MR) is 120 cm³/mol. The summed E-state index contributed by atoms with van der Waals surface area (Å²) in [6, 6.07) is 15.3. The number of nitrogens with two attached hydrogens (primary N) is 1. The van der Waals surface area contributed by atoms with Crippen molar-refractivity contribution in [3.05, 3.63) is 76.6 Å². The fraction of sp³-hybridized carbons (Fsp3) is 0.261. The number of amides is 1. The molecule has 154 valence electrons. The normalized spacial score (nSPS) is 14.0. The molecule has 7 heteroatoms. The number of nitrogens with one attached hydrogen (secondary N) is 1. The molecule has 0 spiro atoms. The van der Waals surface area contributed by atoms with Crippen molar-refractivity contribution < 1.29 is 4.79 Å².